The number of para-hydroxylation sites is 1. The third kappa shape index (κ3) is 2.20. The lowest BCUT2D eigenvalue weighted by molar-refractivity contribution is -0.120. The van der Waals surface area contributed by atoms with Gasteiger partial charge in [-0.05, 0) is 18.6 Å². The molecule has 1 heterocycles. The average molecular weight is 203 g/mol. The standard InChI is InChI=1S/C13H17NO/c1-2-11-10-13(15)8-9-14(11)12-6-4-3-5-7-12/h3-7,11H,2,8-10H2,1H3. The molecule has 0 aliphatic carbocycles. The van der Waals surface area contributed by atoms with Gasteiger partial charge in [-0.1, -0.05) is 25.1 Å². The Hall–Kier alpha value is -1.31. The van der Waals surface area contributed by atoms with E-state index in [2.05, 4.69) is 36.1 Å². The Morgan fingerprint density at radius 3 is 2.73 bits per heavy atom. The molecule has 0 radical (unpaired) electrons. The van der Waals surface area contributed by atoms with E-state index in [4.69, 9.17) is 0 Å². The second kappa shape index (κ2) is 4.47. The van der Waals surface area contributed by atoms with Crippen molar-refractivity contribution in [1.29, 1.82) is 0 Å². The molecule has 1 aliphatic rings. The minimum Gasteiger partial charge on any atom is -0.368 e. The van der Waals surface area contributed by atoms with Crippen molar-refractivity contribution in [2.24, 2.45) is 0 Å². The van der Waals surface area contributed by atoms with E-state index in [9.17, 15) is 4.79 Å². The molecule has 0 saturated carbocycles. The summed E-state index contributed by atoms with van der Waals surface area (Å²) in [4.78, 5) is 13.7. The molecule has 0 spiro atoms. The first-order valence-electron chi connectivity index (χ1n) is 5.64. The normalized spacial score (nSPS) is 21.8. The molecule has 80 valence electrons. The van der Waals surface area contributed by atoms with E-state index in [0.29, 0.717) is 24.7 Å². The minimum absolute atomic E-state index is 0.397. The predicted octanol–water partition coefficient (Wildman–Crippen LogP) is 2.63. The lowest BCUT2D eigenvalue weighted by Crippen LogP contribution is -2.42. The second-order valence-corrected chi connectivity index (χ2v) is 4.08. The lowest BCUT2D eigenvalue weighted by atomic mass is 9.98. The summed E-state index contributed by atoms with van der Waals surface area (Å²) in [5.41, 5.74) is 1.25. The van der Waals surface area contributed by atoms with Gasteiger partial charge in [-0.25, -0.2) is 0 Å². The predicted molar refractivity (Wildman–Crippen MR) is 62.1 cm³/mol. The molecule has 0 bridgehead atoms. The van der Waals surface area contributed by atoms with Crippen molar-refractivity contribution in [1.82, 2.24) is 0 Å². The Morgan fingerprint density at radius 2 is 2.07 bits per heavy atom. The molecule has 1 atom stereocenters. The molecule has 1 unspecified atom stereocenters. The van der Waals surface area contributed by atoms with Gasteiger partial charge in [0.25, 0.3) is 0 Å². The summed E-state index contributed by atoms with van der Waals surface area (Å²) in [6.45, 7) is 3.03. The van der Waals surface area contributed by atoms with Gasteiger partial charge in [0, 0.05) is 31.1 Å². The van der Waals surface area contributed by atoms with Crippen LogP contribution in [-0.4, -0.2) is 18.4 Å². The van der Waals surface area contributed by atoms with Gasteiger partial charge in [0.1, 0.15) is 5.78 Å². The number of carbonyl (C=O) groups is 1. The molecule has 1 aromatic carbocycles. The van der Waals surface area contributed by atoms with Gasteiger partial charge in [-0.15, -0.1) is 0 Å². The van der Waals surface area contributed by atoms with Gasteiger partial charge < -0.3 is 4.90 Å². The van der Waals surface area contributed by atoms with Crippen LogP contribution in [0.4, 0.5) is 5.69 Å². The van der Waals surface area contributed by atoms with Crippen molar-refractivity contribution in [3.63, 3.8) is 0 Å². The Kier molecular flexibility index (Phi) is 3.05. The zero-order valence-corrected chi connectivity index (χ0v) is 9.15. The summed E-state index contributed by atoms with van der Waals surface area (Å²) in [6.07, 6.45) is 2.46. The lowest BCUT2D eigenvalue weighted by Gasteiger charge is -2.36. The van der Waals surface area contributed by atoms with Crippen LogP contribution in [-0.2, 0) is 4.79 Å². The fourth-order valence-electron chi connectivity index (χ4n) is 2.23. The third-order valence-corrected chi connectivity index (χ3v) is 3.09. The van der Waals surface area contributed by atoms with Crippen molar-refractivity contribution in [3.05, 3.63) is 30.3 Å². The van der Waals surface area contributed by atoms with E-state index in [1.807, 2.05) is 6.07 Å². The van der Waals surface area contributed by atoms with Crippen LogP contribution >= 0.6 is 0 Å². The van der Waals surface area contributed by atoms with E-state index in [1.54, 1.807) is 0 Å². The van der Waals surface area contributed by atoms with Crippen LogP contribution in [0.25, 0.3) is 0 Å². The Morgan fingerprint density at radius 1 is 1.33 bits per heavy atom. The molecule has 1 saturated heterocycles. The Bertz CT molecular complexity index is 334. The molecular weight excluding hydrogens is 186 g/mol. The monoisotopic (exact) mass is 203 g/mol. The highest BCUT2D eigenvalue weighted by atomic mass is 16.1. The first-order valence-corrected chi connectivity index (χ1v) is 5.64. The fourth-order valence-corrected chi connectivity index (χ4v) is 2.23. The van der Waals surface area contributed by atoms with E-state index < -0.39 is 0 Å². The highest BCUT2D eigenvalue weighted by Gasteiger charge is 2.25. The molecule has 2 rings (SSSR count). The van der Waals surface area contributed by atoms with Crippen LogP contribution in [0.2, 0.25) is 0 Å². The van der Waals surface area contributed by atoms with E-state index in [-0.39, 0.29) is 0 Å². The first-order chi connectivity index (χ1) is 7.31. The number of hydrogen-bond donors (Lipinski definition) is 0. The van der Waals surface area contributed by atoms with Gasteiger partial charge in [0.2, 0.25) is 0 Å². The van der Waals surface area contributed by atoms with Gasteiger partial charge >= 0.3 is 0 Å². The number of Topliss-reactive ketones (excluding diaryl/α,β-unsaturated/α-hetero) is 1. The molecule has 0 amide bonds. The van der Waals surface area contributed by atoms with Crippen LogP contribution in [0, 0.1) is 0 Å². The van der Waals surface area contributed by atoms with Gasteiger partial charge in [0.05, 0.1) is 0 Å². The van der Waals surface area contributed by atoms with Crippen LogP contribution < -0.4 is 4.90 Å². The smallest absolute Gasteiger partial charge is 0.136 e. The maximum atomic E-state index is 11.4. The molecule has 15 heavy (non-hydrogen) atoms. The average Bonchev–Trinajstić information content (AvgIpc) is 2.30. The quantitative estimate of drug-likeness (QED) is 0.736. The van der Waals surface area contributed by atoms with Crippen molar-refractivity contribution in [2.45, 2.75) is 32.2 Å². The topological polar surface area (TPSA) is 20.3 Å². The number of nitrogens with zero attached hydrogens (tertiary/aromatic N) is 1. The number of anilines is 1. The Balaban J connectivity index is 2.17. The summed E-state index contributed by atoms with van der Waals surface area (Å²) < 4.78 is 0. The van der Waals surface area contributed by atoms with Crippen molar-refractivity contribution in [3.8, 4) is 0 Å². The summed E-state index contributed by atoms with van der Waals surface area (Å²) in [6, 6.07) is 10.8. The van der Waals surface area contributed by atoms with E-state index >= 15 is 0 Å². The van der Waals surface area contributed by atoms with E-state index in [0.717, 1.165) is 13.0 Å². The number of benzene rings is 1. The number of rotatable bonds is 2. The molecular formula is C13H17NO. The third-order valence-electron chi connectivity index (χ3n) is 3.09. The van der Waals surface area contributed by atoms with Crippen LogP contribution in [0.1, 0.15) is 26.2 Å². The number of hydrogen-bond acceptors (Lipinski definition) is 2. The zero-order valence-electron chi connectivity index (χ0n) is 9.15. The maximum Gasteiger partial charge on any atom is 0.136 e. The molecule has 1 aliphatic heterocycles. The minimum atomic E-state index is 0.397. The molecule has 1 fully saturated rings. The number of ketones is 1. The highest BCUT2D eigenvalue weighted by Crippen LogP contribution is 2.24. The van der Waals surface area contributed by atoms with Gasteiger partial charge in [-0.3, -0.25) is 4.79 Å². The number of carbonyl (C=O) groups excluding carboxylic acids is 1. The number of piperidine rings is 1. The van der Waals surface area contributed by atoms with Gasteiger partial charge in [-0.2, -0.15) is 0 Å². The zero-order chi connectivity index (χ0) is 10.7. The highest BCUT2D eigenvalue weighted by molar-refractivity contribution is 5.81. The SMILES string of the molecule is CCC1CC(=O)CCN1c1ccccc1. The molecule has 0 N–H and O–H groups in total. The van der Waals surface area contributed by atoms with Gasteiger partial charge in [0.15, 0.2) is 0 Å². The summed E-state index contributed by atoms with van der Waals surface area (Å²) in [5.74, 6) is 0.411. The van der Waals surface area contributed by atoms with Crippen molar-refractivity contribution >= 4 is 11.5 Å². The summed E-state index contributed by atoms with van der Waals surface area (Å²) in [5, 5.41) is 0. The molecule has 1 aromatic rings. The van der Waals surface area contributed by atoms with Crippen LogP contribution in [0.5, 0.6) is 0 Å². The second-order valence-electron chi connectivity index (χ2n) is 4.08. The molecule has 2 heteroatoms. The van der Waals surface area contributed by atoms with Crippen LogP contribution in [0.3, 0.4) is 0 Å². The van der Waals surface area contributed by atoms with E-state index in [1.165, 1.54) is 5.69 Å². The Labute approximate surface area is 90.9 Å². The molecule has 2 nitrogen and oxygen atoms in total. The molecule has 0 aromatic heterocycles. The summed E-state index contributed by atoms with van der Waals surface area (Å²) >= 11 is 0. The fraction of sp³-hybridized carbons (Fsp3) is 0.462. The maximum absolute atomic E-state index is 11.4. The largest absolute Gasteiger partial charge is 0.368 e. The first kappa shape index (κ1) is 10.2. The van der Waals surface area contributed by atoms with Crippen LogP contribution in [0.15, 0.2) is 30.3 Å². The van der Waals surface area contributed by atoms with Crippen molar-refractivity contribution < 1.29 is 4.79 Å². The van der Waals surface area contributed by atoms with Crippen molar-refractivity contribution in [2.75, 3.05) is 11.4 Å². The summed E-state index contributed by atoms with van der Waals surface area (Å²) in [7, 11) is 0.